The average Bonchev–Trinajstić information content (AvgIpc) is 2.45. The molecule has 2 aromatic carbocycles. The predicted octanol–water partition coefficient (Wildman–Crippen LogP) is 3.81. The minimum Gasteiger partial charge on any atom is -0.482 e. The predicted molar refractivity (Wildman–Crippen MR) is 82.5 cm³/mol. The summed E-state index contributed by atoms with van der Waals surface area (Å²) in [5.41, 5.74) is 4.23. The van der Waals surface area contributed by atoms with Gasteiger partial charge in [-0.05, 0) is 30.2 Å². The van der Waals surface area contributed by atoms with Crippen molar-refractivity contribution in [1.82, 2.24) is 0 Å². The Morgan fingerprint density at radius 1 is 1.20 bits per heavy atom. The highest BCUT2D eigenvalue weighted by molar-refractivity contribution is 9.09. The number of hydrogen-bond acceptors (Lipinski definition) is 2. The number of carbonyl (C=O) groups is 1. The van der Waals surface area contributed by atoms with Crippen molar-refractivity contribution in [2.45, 2.75) is 11.8 Å². The lowest BCUT2D eigenvalue weighted by molar-refractivity contribution is -0.118. The highest BCUT2D eigenvalue weighted by Crippen LogP contribution is 2.36. The number of benzene rings is 2. The molecule has 3 rings (SSSR count). The smallest absolute Gasteiger partial charge is 0.262 e. The zero-order valence-corrected chi connectivity index (χ0v) is 12.6. The number of anilines is 1. The second-order valence-corrected chi connectivity index (χ2v) is 5.78. The maximum atomic E-state index is 11.4. The summed E-state index contributed by atoms with van der Waals surface area (Å²) in [6.45, 7) is 2.16. The fourth-order valence-corrected chi connectivity index (χ4v) is 2.85. The molecule has 1 aliphatic rings. The molecule has 2 aromatic rings. The van der Waals surface area contributed by atoms with Gasteiger partial charge in [-0.2, -0.15) is 0 Å². The Kier molecular flexibility index (Phi) is 3.49. The van der Waals surface area contributed by atoms with E-state index in [1.165, 1.54) is 11.1 Å². The zero-order chi connectivity index (χ0) is 14.1. The molecule has 0 fully saturated rings. The molecule has 1 N–H and O–H groups in total. The first-order valence-electron chi connectivity index (χ1n) is 6.41. The van der Waals surface area contributed by atoms with Crippen LogP contribution in [0.25, 0.3) is 0 Å². The second-order valence-electron chi connectivity index (χ2n) is 4.87. The summed E-state index contributed by atoms with van der Waals surface area (Å²) in [4.78, 5) is 11.5. The van der Waals surface area contributed by atoms with E-state index in [0.29, 0.717) is 0 Å². The van der Waals surface area contributed by atoms with Gasteiger partial charge in [-0.3, -0.25) is 4.79 Å². The van der Waals surface area contributed by atoms with Gasteiger partial charge in [0.05, 0.1) is 10.5 Å². The second kappa shape index (κ2) is 5.29. The van der Waals surface area contributed by atoms with Crippen molar-refractivity contribution in [1.29, 1.82) is 0 Å². The third-order valence-electron chi connectivity index (χ3n) is 3.26. The molecule has 1 amide bonds. The van der Waals surface area contributed by atoms with Gasteiger partial charge >= 0.3 is 0 Å². The minimum atomic E-state index is -0.115. The summed E-state index contributed by atoms with van der Waals surface area (Å²) in [7, 11) is 0. The number of rotatable bonds is 2. The van der Waals surface area contributed by atoms with E-state index < -0.39 is 0 Å². The topological polar surface area (TPSA) is 38.3 Å². The van der Waals surface area contributed by atoms with Crippen LogP contribution in [0.4, 0.5) is 5.69 Å². The number of fused-ring (bicyclic) bond motifs is 1. The molecule has 0 radical (unpaired) electrons. The van der Waals surface area contributed by atoms with Crippen LogP contribution >= 0.6 is 15.9 Å². The minimum absolute atomic E-state index is 0.0853. The summed E-state index contributed by atoms with van der Waals surface area (Å²) < 4.78 is 5.37. The summed E-state index contributed by atoms with van der Waals surface area (Å²) in [5, 5.41) is 2.83. The monoisotopic (exact) mass is 331 g/mol. The molecule has 0 saturated carbocycles. The number of halogens is 1. The molecule has 0 aliphatic carbocycles. The van der Waals surface area contributed by atoms with Crippen LogP contribution in [-0.2, 0) is 4.79 Å². The summed E-state index contributed by atoms with van der Waals surface area (Å²) in [5.74, 6) is 0.605. The standard InChI is InChI=1S/C16H14BrNO2/c1-10-3-2-4-11(7-10)16(17)12-5-6-14-13(8-12)18-15(19)9-20-14/h2-8,16H,9H2,1H3,(H,18,19). The lowest BCUT2D eigenvalue weighted by Gasteiger charge is -2.20. The molecule has 20 heavy (non-hydrogen) atoms. The third-order valence-corrected chi connectivity index (χ3v) is 4.32. The van der Waals surface area contributed by atoms with Gasteiger partial charge in [-0.15, -0.1) is 0 Å². The van der Waals surface area contributed by atoms with Crippen LogP contribution in [0.5, 0.6) is 5.75 Å². The van der Waals surface area contributed by atoms with E-state index in [1.807, 2.05) is 24.3 Å². The number of carbonyl (C=O) groups excluding carboxylic acids is 1. The van der Waals surface area contributed by atoms with E-state index in [-0.39, 0.29) is 17.3 Å². The average molecular weight is 332 g/mol. The largest absolute Gasteiger partial charge is 0.482 e. The highest BCUT2D eigenvalue weighted by atomic mass is 79.9. The molecule has 1 atom stereocenters. The summed E-state index contributed by atoms with van der Waals surface area (Å²) in [6, 6.07) is 14.2. The number of ether oxygens (including phenoxy) is 1. The van der Waals surface area contributed by atoms with E-state index in [0.717, 1.165) is 17.0 Å². The number of nitrogens with one attached hydrogen (secondary N) is 1. The normalized spacial score (nSPS) is 15.0. The fraction of sp³-hybridized carbons (Fsp3) is 0.188. The van der Waals surface area contributed by atoms with E-state index in [9.17, 15) is 4.79 Å². The van der Waals surface area contributed by atoms with E-state index in [2.05, 4.69) is 46.4 Å². The van der Waals surface area contributed by atoms with E-state index in [1.54, 1.807) is 0 Å². The molecule has 1 unspecified atom stereocenters. The zero-order valence-electron chi connectivity index (χ0n) is 11.0. The Morgan fingerprint density at radius 3 is 2.80 bits per heavy atom. The number of alkyl halides is 1. The van der Waals surface area contributed by atoms with Crippen LogP contribution in [0.1, 0.15) is 21.5 Å². The maximum absolute atomic E-state index is 11.4. The van der Waals surface area contributed by atoms with Crippen LogP contribution in [-0.4, -0.2) is 12.5 Å². The van der Waals surface area contributed by atoms with Gasteiger partial charge in [0.1, 0.15) is 5.75 Å². The van der Waals surface area contributed by atoms with Crippen molar-refractivity contribution in [3.63, 3.8) is 0 Å². The lowest BCUT2D eigenvalue weighted by Crippen LogP contribution is -2.25. The Morgan fingerprint density at radius 2 is 2.00 bits per heavy atom. The number of aryl methyl sites for hydroxylation is 1. The van der Waals surface area contributed by atoms with Crippen LogP contribution < -0.4 is 10.1 Å². The molecule has 0 aromatic heterocycles. The van der Waals surface area contributed by atoms with Crippen molar-refractivity contribution in [3.05, 3.63) is 59.2 Å². The van der Waals surface area contributed by atoms with E-state index in [4.69, 9.17) is 4.74 Å². The molecule has 0 saturated heterocycles. The van der Waals surface area contributed by atoms with Gasteiger partial charge in [-0.25, -0.2) is 0 Å². The molecule has 0 bridgehead atoms. The first kappa shape index (κ1) is 13.2. The number of amides is 1. The van der Waals surface area contributed by atoms with Gasteiger partial charge in [-0.1, -0.05) is 51.8 Å². The summed E-state index contributed by atoms with van der Waals surface area (Å²) >= 11 is 3.72. The molecule has 4 heteroatoms. The molecular formula is C16H14BrNO2. The van der Waals surface area contributed by atoms with Crippen LogP contribution in [0, 0.1) is 6.92 Å². The molecule has 1 aliphatic heterocycles. The Labute approximate surface area is 126 Å². The first-order chi connectivity index (χ1) is 9.63. The van der Waals surface area contributed by atoms with Crippen molar-refractivity contribution >= 4 is 27.5 Å². The Bertz CT molecular complexity index is 669. The Balaban J connectivity index is 1.94. The van der Waals surface area contributed by atoms with Gasteiger partial charge < -0.3 is 10.1 Å². The van der Waals surface area contributed by atoms with Gasteiger partial charge in [0.15, 0.2) is 6.61 Å². The SMILES string of the molecule is Cc1cccc(C(Br)c2ccc3c(c2)NC(=O)CO3)c1. The third kappa shape index (κ3) is 2.56. The van der Waals surface area contributed by atoms with Crippen molar-refractivity contribution in [2.24, 2.45) is 0 Å². The van der Waals surface area contributed by atoms with Gasteiger partial charge in [0.2, 0.25) is 0 Å². The first-order valence-corrected chi connectivity index (χ1v) is 7.32. The van der Waals surface area contributed by atoms with Crippen molar-refractivity contribution in [3.8, 4) is 5.75 Å². The van der Waals surface area contributed by atoms with Gasteiger partial charge in [0, 0.05) is 0 Å². The van der Waals surface area contributed by atoms with Crippen molar-refractivity contribution in [2.75, 3.05) is 11.9 Å². The van der Waals surface area contributed by atoms with Crippen molar-refractivity contribution < 1.29 is 9.53 Å². The van der Waals surface area contributed by atoms with Gasteiger partial charge in [0.25, 0.3) is 5.91 Å². The Hall–Kier alpha value is -1.81. The van der Waals surface area contributed by atoms with Crippen LogP contribution in [0.2, 0.25) is 0 Å². The maximum Gasteiger partial charge on any atom is 0.262 e. The summed E-state index contributed by atoms with van der Waals surface area (Å²) in [6.07, 6.45) is 0. The molecule has 0 spiro atoms. The molecule has 102 valence electrons. The highest BCUT2D eigenvalue weighted by Gasteiger charge is 2.18. The lowest BCUT2D eigenvalue weighted by atomic mass is 10.0. The van der Waals surface area contributed by atoms with E-state index >= 15 is 0 Å². The molecule has 1 heterocycles. The molecule has 3 nitrogen and oxygen atoms in total. The molecular weight excluding hydrogens is 318 g/mol. The fourth-order valence-electron chi connectivity index (χ4n) is 2.28. The van der Waals surface area contributed by atoms with Crippen LogP contribution in [0.3, 0.4) is 0 Å². The van der Waals surface area contributed by atoms with Crippen LogP contribution in [0.15, 0.2) is 42.5 Å². The number of hydrogen-bond donors (Lipinski definition) is 1. The quantitative estimate of drug-likeness (QED) is 0.850.